The first kappa shape index (κ1) is 19.7. The second-order valence-corrected chi connectivity index (χ2v) is 6.89. The minimum Gasteiger partial charge on any atom is -0.496 e. The third-order valence-electron chi connectivity index (χ3n) is 4.88. The Bertz CT molecular complexity index is 1020. The van der Waals surface area contributed by atoms with Crippen LogP contribution in [0, 0.1) is 12.5 Å². The lowest BCUT2D eigenvalue weighted by Crippen LogP contribution is -2.21. The maximum absolute atomic E-state index is 6.92. The number of nitrogens with one attached hydrogen (secondary N) is 2. The molecule has 30 heavy (non-hydrogen) atoms. The van der Waals surface area contributed by atoms with Gasteiger partial charge < -0.3 is 24.4 Å². The number of benzene rings is 1. The molecular formula is C21H22N6O3. The number of methoxy groups -OCH3 is 1. The molecule has 3 aromatic rings. The average molecular weight is 406 g/mol. The smallest absolute Gasteiger partial charge is 0.288 e. The number of ether oxygens (including phenoxy) is 3. The average Bonchev–Trinajstić information content (AvgIpc) is 3.27. The fraction of sp³-hybridized carbons (Fsp3) is 0.333. The minimum atomic E-state index is 0.243. The Morgan fingerprint density at radius 1 is 1.20 bits per heavy atom. The third kappa shape index (κ3) is 4.67. The van der Waals surface area contributed by atoms with E-state index in [9.17, 15) is 0 Å². The van der Waals surface area contributed by atoms with E-state index in [-0.39, 0.29) is 5.82 Å². The first-order valence-electron chi connectivity index (χ1n) is 9.66. The summed E-state index contributed by atoms with van der Waals surface area (Å²) in [6.07, 6.45) is 4.96. The molecule has 0 radical (unpaired) electrons. The molecule has 2 aromatic heterocycles. The van der Waals surface area contributed by atoms with Gasteiger partial charge in [0.05, 0.1) is 25.6 Å². The number of rotatable bonds is 7. The third-order valence-corrected chi connectivity index (χ3v) is 4.88. The van der Waals surface area contributed by atoms with Gasteiger partial charge in [0.25, 0.3) is 5.82 Å². The van der Waals surface area contributed by atoms with Gasteiger partial charge in [-0.25, -0.2) is 4.98 Å². The van der Waals surface area contributed by atoms with Gasteiger partial charge in [-0.15, -0.1) is 4.98 Å². The summed E-state index contributed by atoms with van der Waals surface area (Å²) in [5, 5.41) is 10.3. The summed E-state index contributed by atoms with van der Waals surface area (Å²) in [5.41, 5.74) is 1.65. The van der Waals surface area contributed by atoms with Crippen LogP contribution in [0.4, 0.5) is 17.5 Å². The van der Waals surface area contributed by atoms with Crippen molar-refractivity contribution >= 4 is 17.5 Å². The molecule has 0 atom stereocenters. The molecule has 9 heteroatoms. The Balaban J connectivity index is 1.44. The Morgan fingerprint density at radius 2 is 2.07 bits per heavy atom. The van der Waals surface area contributed by atoms with E-state index in [1.165, 1.54) is 12.4 Å². The van der Waals surface area contributed by atoms with Gasteiger partial charge in [0.1, 0.15) is 11.5 Å². The van der Waals surface area contributed by atoms with Crippen LogP contribution in [0.2, 0.25) is 0 Å². The van der Waals surface area contributed by atoms with Crippen LogP contribution in [0.15, 0.2) is 36.7 Å². The zero-order chi connectivity index (χ0) is 20.8. The number of hydrogen-bond acceptors (Lipinski definition) is 7. The summed E-state index contributed by atoms with van der Waals surface area (Å²) >= 11 is 0. The molecule has 154 valence electrons. The molecule has 1 fully saturated rings. The van der Waals surface area contributed by atoms with Crippen molar-refractivity contribution in [2.45, 2.75) is 12.8 Å². The van der Waals surface area contributed by atoms with Gasteiger partial charge in [-0.3, -0.25) is 5.10 Å². The number of nitrogens with zero attached hydrogens (tertiary/aromatic N) is 4. The van der Waals surface area contributed by atoms with Crippen molar-refractivity contribution in [1.29, 1.82) is 0 Å². The molecule has 0 spiro atoms. The molecular weight excluding hydrogens is 384 g/mol. The first-order chi connectivity index (χ1) is 14.7. The van der Waals surface area contributed by atoms with Crippen molar-refractivity contribution in [2.75, 3.05) is 32.2 Å². The van der Waals surface area contributed by atoms with Gasteiger partial charge in [0, 0.05) is 30.9 Å². The van der Waals surface area contributed by atoms with Crippen LogP contribution < -0.4 is 14.8 Å². The van der Waals surface area contributed by atoms with Crippen molar-refractivity contribution in [3.8, 4) is 22.8 Å². The zero-order valence-corrected chi connectivity index (χ0v) is 16.6. The van der Waals surface area contributed by atoms with Crippen LogP contribution in [0.3, 0.4) is 0 Å². The second kappa shape index (κ2) is 9.24. The summed E-state index contributed by atoms with van der Waals surface area (Å²) < 4.78 is 16.9. The van der Waals surface area contributed by atoms with Crippen molar-refractivity contribution in [3.63, 3.8) is 0 Å². The maximum atomic E-state index is 6.92. The highest BCUT2D eigenvalue weighted by molar-refractivity contribution is 5.71. The highest BCUT2D eigenvalue weighted by Crippen LogP contribution is 2.34. The highest BCUT2D eigenvalue weighted by atomic mass is 16.5. The predicted octanol–water partition coefficient (Wildman–Crippen LogP) is 3.98. The van der Waals surface area contributed by atoms with Gasteiger partial charge in [-0.05, 0) is 30.9 Å². The van der Waals surface area contributed by atoms with Crippen LogP contribution in [-0.4, -0.2) is 47.1 Å². The molecule has 3 heterocycles. The zero-order valence-electron chi connectivity index (χ0n) is 16.6. The van der Waals surface area contributed by atoms with E-state index in [0.717, 1.165) is 43.1 Å². The molecule has 2 N–H and O–H groups in total. The van der Waals surface area contributed by atoms with Crippen LogP contribution >= 0.6 is 0 Å². The second-order valence-electron chi connectivity index (χ2n) is 6.89. The van der Waals surface area contributed by atoms with Crippen LogP contribution in [-0.2, 0) is 4.74 Å². The van der Waals surface area contributed by atoms with Crippen molar-refractivity contribution in [3.05, 3.63) is 48.1 Å². The van der Waals surface area contributed by atoms with E-state index in [0.29, 0.717) is 29.9 Å². The topological polar surface area (TPSA) is 98.5 Å². The van der Waals surface area contributed by atoms with Crippen LogP contribution in [0.1, 0.15) is 12.8 Å². The lowest BCUT2D eigenvalue weighted by atomic mass is 10.0. The first-order valence-corrected chi connectivity index (χ1v) is 9.66. The molecule has 1 aliphatic rings. The summed E-state index contributed by atoms with van der Waals surface area (Å²) in [6, 6.07) is 7.61. The maximum Gasteiger partial charge on any atom is 0.288 e. The molecule has 0 bridgehead atoms. The van der Waals surface area contributed by atoms with Gasteiger partial charge in [0.2, 0.25) is 0 Å². The number of anilines is 2. The van der Waals surface area contributed by atoms with Gasteiger partial charge in [0.15, 0.2) is 17.8 Å². The van der Waals surface area contributed by atoms with Crippen molar-refractivity contribution in [2.24, 2.45) is 5.92 Å². The quantitative estimate of drug-likeness (QED) is 0.573. The molecule has 0 aliphatic carbocycles. The van der Waals surface area contributed by atoms with Gasteiger partial charge in [-0.2, -0.15) is 5.10 Å². The van der Waals surface area contributed by atoms with E-state index in [4.69, 9.17) is 20.8 Å². The van der Waals surface area contributed by atoms with E-state index >= 15 is 0 Å². The SMILES string of the molecule is [C-]#[N+]c1cnc(Nc2cc(-c3ccc(OCC4CCOCC4)cc3OC)[nH]n2)cn1. The van der Waals surface area contributed by atoms with E-state index in [2.05, 4.69) is 30.3 Å². The molecule has 4 rings (SSSR count). The van der Waals surface area contributed by atoms with Crippen molar-refractivity contribution < 1.29 is 14.2 Å². The standard InChI is InChI=1S/C21H22N6O3/c1-22-20-11-24-21(12-23-20)25-19-10-17(26-27-19)16-4-3-15(9-18(16)28-2)30-13-14-5-7-29-8-6-14/h3-4,9-12,14H,5-8,13H2,2H3,(H2,24,25,26,27). The normalized spacial score (nSPS) is 14.1. The summed E-state index contributed by atoms with van der Waals surface area (Å²) in [5.74, 6) is 3.32. The summed E-state index contributed by atoms with van der Waals surface area (Å²) in [6.45, 7) is 9.22. The molecule has 0 amide bonds. The van der Waals surface area contributed by atoms with Gasteiger partial charge >= 0.3 is 0 Å². The van der Waals surface area contributed by atoms with Crippen molar-refractivity contribution in [1.82, 2.24) is 20.2 Å². The number of aromatic nitrogens is 4. The van der Waals surface area contributed by atoms with Crippen LogP contribution in [0.5, 0.6) is 11.5 Å². The predicted molar refractivity (Wildman–Crippen MR) is 111 cm³/mol. The minimum absolute atomic E-state index is 0.243. The fourth-order valence-electron chi connectivity index (χ4n) is 3.21. The number of hydrogen-bond donors (Lipinski definition) is 2. The Hall–Kier alpha value is -3.64. The Kier molecular flexibility index (Phi) is 6.06. The van der Waals surface area contributed by atoms with E-state index in [1.54, 1.807) is 7.11 Å². The number of H-pyrrole nitrogens is 1. The lowest BCUT2D eigenvalue weighted by molar-refractivity contribution is 0.0497. The summed E-state index contributed by atoms with van der Waals surface area (Å²) in [7, 11) is 1.63. The number of aromatic amines is 1. The monoisotopic (exact) mass is 406 g/mol. The molecule has 0 unspecified atom stereocenters. The largest absolute Gasteiger partial charge is 0.496 e. The molecule has 0 saturated carbocycles. The van der Waals surface area contributed by atoms with E-state index < -0.39 is 0 Å². The highest BCUT2D eigenvalue weighted by Gasteiger charge is 2.16. The summed E-state index contributed by atoms with van der Waals surface area (Å²) in [4.78, 5) is 11.4. The molecule has 1 aromatic carbocycles. The Morgan fingerprint density at radius 3 is 2.80 bits per heavy atom. The molecule has 9 nitrogen and oxygen atoms in total. The van der Waals surface area contributed by atoms with Gasteiger partial charge in [-0.1, -0.05) is 6.57 Å². The Labute approximate surface area is 174 Å². The lowest BCUT2D eigenvalue weighted by Gasteiger charge is -2.22. The molecule has 1 saturated heterocycles. The molecule has 1 aliphatic heterocycles. The van der Waals surface area contributed by atoms with E-state index in [1.807, 2.05) is 24.3 Å². The fourth-order valence-corrected chi connectivity index (χ4v) is 3.21. The van der Waals surface area contributed by atoms with Crippen LogP contribution in [0.25, 0.3) is 16.1 Å².